The highest BCUT2D eigenvalue weighted by Gasteiger charge is 2.82. The van der Waals surface area contributed by atoms with E-state index < -0.39 is 105 Å². The maximum atomic E-state index is 14.1. The first-order valence-electron chi connectivity index (χ1n) is 11.4. The van der Waals surface area contributed by atoms with E-state index in [-0.39, 0.29) is 13.7 Å². The molecule has 1 aromatic heterocycles. The van der Waals surface area contributed by atoms with Crippen LogP contribution in [0.15, 0.2) is 27.0 Å². The molecule has 1 heterocycles. The highest BCUT2D eigenvalue weighted by Crippen LogP contribution is 2.56. The largest absolute Gasteiger partial charge is 0.460 e. The zero-order valence-corrected chi connectivity index (χ0v) is 25.9. The predicted molar refractivity (Wildman–Crippen MR) is 136 cm³/mol. The summed E-state index contributed by atoms with van der Waals surface area (Å²) in [6.07, 6.45) is -18.8. The van der Waals surface area contributed by atoms with Gasteiger partial charge in [0.2, 0.25) is 0 Å². The Kier molecular flexibility index (Phi) is 12.3. The van der Waals surface area contributed by atoms with Crippen LogP contribution in [0.25, 0.3) is 0 Å². The Labute approximate surface area is 269 Å². The van der Waals surface area contributed by atoms with Crippen molar-refractivity contribution in [3.63, 3.8) is 0 Å². The molecule has 0 fully saturated rings. The summed E-state index contributed by atoms with van der Waals surface area (Å²) < 4.78 is 233. The van der Waals surface area contributed by atoms with Gasteiger partial charge in [-0.2, -0.15) is 79.0 Å². The molecule has 0 aliphatic heterocycles. The molecule has 1 aromatic rings. The number of alkyl halides is 20. The lowest BCUT2D eigenvalue weighted by molar-refractivity contribution is -0.396. The molecule has 0 spiro atoms. The number of aromatic nitrogens is 3. The first-order chi connectivity index (χ1) is 20.2. The van der Waals surface area contributed by atoms with E-state index in [2.05, 4.69) is 6.58 Å². The first-order valence-corrected chi connectivity index (χ1v) is 13.9. The third-order valence-corrected chi connectivity index (χ3v) is 7.50. The van der Waals surface area contributed by atoms with E-state index in [9.17, 15) is 93.4 Å². The Balaban J connectivity index is 3.57. The molecular weight excluding hydrogens is 926 g/mol. The molecule has 0 saturated heterocycles. The van der Waals surface area contributed by atoms with E-state index in [1.165, 1.54) is 0 Å². The van der Waals surface area contributed by atoms with Gasteiger partial charge in [-0.1, -0.05) is 51.3 Å². The molecule has 46 heavy (non-hydrogen) atoms. The summed E-state index contributed by atoms with van der Waals surface area (Å²) >= 11 is 1.42. The van der Waals surface area contributed by atoms with Gasteiger partial charge < -0.3 is 0 Å². The third kappa shape index (κ3) is 7.64. The number of rotatable bonds is 14. The number of hydrogen-bond acceptors (Lipinski definition) is 3. The fourth-order valence-corrected chi connectivity index (χ4v) is 5.33. The van der Waals surface area contributed by atoms with Crippen molar-refractivity contribution in [2.24, 2.45) is 0 Å². The van der Waals surface area contributed by atoms with Gasteiger partial charge >= 0.3 is 65.0 Å². The lowest BCUT2D eigenvalue weighted by Gasteiger charge is -2.34. The Morgan fingerprint density at radius 2 is 0.783 bits per heavy atom. The van der Waals surface area contributed by atoms with E-state index in [0.717, 1.165) is 6.08 Å². The molecule has 0 N–H and O–H groups in total. The minimum absolute atomic E-state index is 0.0454. The van der Waals surface area contributed by atoms with Gasteiger partial charge in [-0.15, -0.1) is 6.58 Å². The van der Waals surface area contributed by atoms with Crippen LogP contribution in [0.4, 0.5) is 79.0 Å². The SMILES string of the molecule is C=CCn1c(=O)n(CC(I)CC(F)(F)C(F)(F)C(F)(F)C(F)(F)F)c(=O)n(CC(I)CC(F)(F)C(F)(F)C(F)(F)C(F)(F)F)c1=O. The van der Waals surface area contributed by atoms with Crippen molar-refractivity contribution in [3.05, 3.63) is 44.1 Å². The molecule has 0 aromatic carbocycles. The molecule has 0 aliphatic rings. The third-order valence-electron chi connectivity index (χ3n) is 5.83. The monoisotopic (exact) mass is 941 g/mol. The minimum Gasteiger partial charge on any atom is -0.247 e. The second-order valence-corrected chi connectivity index (χ2v) is 12.8. The number of hydrogen-bond donors (Lipinski definition) is 0. The average molecular weight is 941 g/mol. The first kappa shape index (κ1) is 42.4. The lowest BCUT2D eigenvalue weighted by Crippen LogP contribution is -2.62. The zero-order chi connectivity index (χ0) is 36.9. The quantitative estimate of drug-likeness (QED) is 0.0906. The smallest absolute Gasteiger partial charge is 0.247 e. The minimum atomic E-state index is -7.29. The van der Waals surface area contributed by atoms with Gasteiger partial charge in [0.25, 0.3) is 0 Å². The highest BCUT2D eigenvalue weighted by atomic mass is 127. The van der Waals surface area contributed by atoms with Crippen LogP contribution in [0, 0.1) is 0 Å². The maximum absolute atomic E-state index is 14.1. The van der Waals surface area contributed by atoms with Crippen LogP contribution >= 0.6 is 45.2 Å². The van der Waals surface area contributed by atoms with Crippen molar-refractivity contribution in [2.45, 2.75) is 88.2 Å². The Morgan fingerprint density at radius 1 is 0.522 bits per heavy atom. The van der Waals surface area contributed by atoms with Crippen molar-refractivity contribution >= 4 is 45.2 Å². The molecule has 26 heteroatoms. The summed E-state index contributed by atoms with van der Waals surface area (Å²) in [5.41, 5.74) is -5.66. The molecule has 0 aliphatic carbocycles. The van der Waals surface area contributed by atoms with Crippen LogP contribution in [-0.4, -0.2) is 69.4 Å². The predicted octanol–water partition coefficient (Wildman–Crippen LogP) is 6.68. The van der Waals surface area contributed by atoms with Crippen molar-refractivity contribution in [1.82, 2.24) is 13.7 Å². The normalized spacial score (nSPS) is 16.0. The van der Waals surface area contributed by atoms with Gasteiger partial charge in [0.15, 0.2) is 0 Å². The van der Waals surface area contributed by atoms with Crippen LogP contribution in [0.1, 0.15) is 12.8 Å². The molecule has 268 valence electrons. The topological polar surface area (TPSA) is 66.0 Å². The molecule has 0 amide bonds. The second kappa shape index (κ2) is 13.3. The molecule has 0 radical (unpaired) electrons. The van der Waals surface area contributed by atoms with Crippen LogP contribution in [0.3, 0.4) is 0 Å². The van der Waals surface area contributed by atoms with Crippen LogP contribution in [0.5, 0.6) is 0 Å². The summed E-state index contributed by atoms with van der Waals surface area (Å²) in [5, 5.41) is 0. The summed E-state index contributed by atoms with van der Waals surface area (Å²) in [6, 6.07) is 0. The van der Waals surface area contributed by atoms with E-state index >= 15 is 0 Å². The van der Waals surface area contributed by atoms with E-state index in [1.54, 1.807) is 0 Å². The highest BCUT2D eigenvalue weighted by molar-refractivity contribution is 14.1. The molecule has 6 nitrogen and oxygen atoms in total. The van der Waals surface area contributed by atoms with Gasteiger partial charge in [0, 0.05) is 33.8 Å². The average Bonchev–Trinajstić information content (AvgIpc) is 2.84. The van der Waals surface area contributed by atoms with Crippen molar-refractivity contribution in [1.29, 1.82) is 0 Å². The number of allylic oxidation sites excluding steroid dienone is 1. The fourth-order valence-electron chi connectivity index (χ4n) is 3.43. The Morgan fingerprint density at radius 3 is 1.02 bits per heavy atom. The second-order valence-electron chi connectivity index (χ2n) is 9.27. The molecule has 2 atom stereocenters. The van der Waals surface area contributed by atoms with Crippen LogP contribution in [-0.2, 0) is 19.6 Å². The lowest BCUT2D eigenvalue weighted by atomic mass is 9.99. The Hall–Kier alpha value is -1.65. The molecular formula is C20H15F18I2N3O3. The molecule has 0 saturated carbocycles. The van der Waals surface area contributed by atoms with E-state index in [0.29, 0.717) is 45.2 Å². The van der Waals surface area contributed by atoms with Crippen molar-refractivity contribution in [3.8, 4) is 0 Å². The Bertz CT molecular complexity index is 1350. The number of halogens is 20. The van der Waals surface area contributed by atoms with E-state index in [1.807, 2.05) is 0 Å². The van der Waals surface area contributed by atoms with Crippen molar-refractivity contribution < 1.29 is 79.0 Å². The van der Waals surface area contributed by atoms with Gasteiger partial charge in [-0.25, -0.2) is 28.1 Å². The molecule has 1 rings (SSSR count). The van der Waals surface area contributed by atoms with Gasteiger partial charge in [-0.05, 0) is 0 Å². The van der Waals surface area contributed by atoms with Gasteiger partial charge in [0.1, 0.15) is 0 Å². The van der Waals surface area contributed by atoms with Gasteiger partial charge in [0.05, 0.1) is 6.54 Å². The molecule has 2 unspecified atom stereocenters. The standard InChI is InChI=1S/C20H15F18I2N3O3/c1-2-3-41-10(44)42(6-8(39)4-13(21,22)15(25,26)17(29,30)19(33,34)35)12(46)43(11(41)45)7-9(40)5-14(23,24)16(27,28)18(31,32)20(36,37)38/h2,8-9H,1,3-7H2. The molecule has 0 bridgehead atoms. The van der Waals surface area contributed by atoms with Gasteiger partial charge in [-0.3, -0.25) is 0 Å². The fraction of sp³-hybridized carbons (Fsp3) is 0.750. The van der Waals surface area contributed by atoms with E-state index in [4.69, 9.17) is 0 Å². The summed E-state index contributed by atoms with van der Waals surface area (Å²) in [7, 11) is 0. The summed E-state index contributed by atoms with van der Waals surface area (Å²) in [5.74, 6) is -41.2. The maximum Gasteiger partial charge on any atom is 0.460 e. The summed E-state index contributed by atoms with van der Waals surface area (Å²) in [6.45, 7) is -1.01. The zero-order valence-electron chi connectivity index (χ0n) is 21.6. The summed E-state index contributed by atoms with van der Waals surface area (Å²) in [4.78, 5) is 38.1. The van der Waals surface area contributed by atoms with Crippen LogP contribution < -0.4 is 17.1 Å². The van der Waals surface area contributed by atoms with Crippen LogP contribution in [0.2, 0.25) is 0 Å². The van der Waals surface area contributed by atoms with Crippen molar-refractivity contribution in [2.75, 3.05) is 0 Å². The number of nitrogens with zero attached hydrogens (tertiary/aromatic N) is 3.